The lowest BCUT2D eigenvalue weighted by molar-refractivity contribution is 0.0457. The summed E-state index contributed by atoms with van der Waals surface area (Å²) in [7, 11) is 0. The first-order valence-electron chi connectivity index (χ1n) is 4.89. The van der Waals surface area contributed by atoms with E-state index in [1.165, 1.54) is 0 Å². The predicted octanol–water partition coefficient (Wildman–Crippen LogP) is 2.33. The van der Waals surface area contributed by atoms with Crippen molar-refractivity contribution in [2.75, 3.05) is 0 Å². The fraction of sp³-hybridized carbons (Fsp3) is 0.818. The van der Waals surface area contributed by atoms with Crippen molar-refractivity contribution in [1.82, 2.24) is 0 Å². The van der Waals surface area contributed by atoms with Crippen LogP contribution in [0, 0.1) is 11.3 Å². The van der Waals surface area contributed by atoms with Crippen LogP contribution in [0.3, 0.4) is 0 Å². The van der Waals surface area contributed by atoms with Crippen molar-refractivity contribution in [2.24, 2.45) is 11.3 Å². The van der Waals surface area contributed by atoms with Gasteiger partial charge in [0.15, 0.2) is 0 Å². The third-order valence-electron chi connectivity index (χ3n) is 2.82. The third-order valence-corrected chi connectivity index (χ3v) is 2.82. The Morgan fingerprint density at radius 2 is 2.08 bits per heavy atom. The van der Waals surface area contributed by atoms with E-state index >= 15 is 0 Å². The Hall–Kier alpha value is -0.500. The lowest BCUT2D eigenvalue weighted by Crippen LogP contribution is -2.34. The Morgan fingerprint density at radius 3 is 2.38 bits per heavy atom. The molecule has 1 aliphatic heterocycles. The van der Waals surface area contributed by atoms with E-state index in [0.29, 0.717) is 11.7 Å². The number of aliphatic hydroxyl groups is 1. The summed E-state index contributed by atoms with van der Waals surface area (Å²) in [6.45, 7) is 12.1. The van der Waals surface area contributed by atoms with E-state index in [0.717, 1.165) is 6.42 Å². The zero-order valence-corrected chi connectivity index (χ0v) is 9.00. The molecule has 0 saturated carbocycles. The van der Waals surface area contributed by atoms with E-state index in [9.17, 15) is 5.11 Å². The summed E-state index contributed by atoms with van der Waals surface area (Å²) in [6, 6.07) is 0. The van der Waals surface area contributed by atoms with Crippen LogP contribution in [0.15, 0.2) is 12.3 Å². The van der Waals surface area contributed by atoms with Crippen molar-refractivity contribution in [1.29, 1.82) is 0 Å². The van der Waals surface area contributed by atoms with Crippen molar-refractivity contribution in [2.45, 2.75) is 46.3 Å². The fourth-order valence-electron chi connectivity index (χ4n) is 1.77. The summed E-state index contributed by atoms with van der Waals surface area (Å²) in [5.41, 5.74) is -0.193. The molecule has 1 heterocycles. The molecule has 1 rings (SSSR count). The zero-order chi connectivity index (χ0) is 10.2. The third kappa shape index (κ3) is 1.88. The minimum atomic E-state index is -0.517. The maximum Gasteiger partial charge on any atom is 0.119 e. The van der Waals surface area contributed by atoms with E-state index in [-0.39, 0.29) is 11.5 Å². The molecule has 0 aromatic rings. The molecular weight excluding hydrogens is 164 g/mol. The van der Waals surface area contributed by atoms with Gasteiger partial charge in [0.25, 0.3) is 0 Å². The summed E-state index contributed by atoms with van der Waals surface area (Å²) in [5, 5.41) is 9.78. The molecule has 0 aromatic heterocycles. The van der Waals surface area contributed by atoms with Gasteiger partial charge in [-0.15, -0.1) is 0 Å². The molecule has 2 nitrogen and oxygen atoms in total. The van der Waals surface area contributed by atoms with Crippen molar-refractivity contribution < 1.29 is 9.84 Å². The summed E-state index contributed by atoms with van der Waals surface area (Å²) >= 11 is 0. The number of ether oxygens (including phenoxy) is 1. The van der Waals surface area contributed by atoms with Crippen molar-refractivity contribution in [3.05, 3.63) is 12.3 Å². The Balaban J connectivity index is 2.72. The lowest BCUT2D eigenvalue weighted by atomic mass is 9.79. The van der Waals surface area contributed by atoms with Gasteiger partial charge in [-0.05, 0) is 12.3 Å². The maximum absolute atomic E-state index is 9.78. The van der Waals surface area contributed by atoms with Gasteiger partial charge in [0.05, 0.1) is 0 Å². The van der Waals surface area contributed by atoms with Crippen molar-refractivity contribution in [3.63, 3.8) is 0 Å². The van der Waals surface area contributed by atoms with E-state index in [4.69, 9.17) is 4.74 Å². The number of aliphatic hydroxyl groups excluding tert-OH is 1. The molecule has 0 aliphatic carbocycles. The molecule has 1 N–H and O–H groups in total. The lowest BCUT2D eigenvalue weighted by Gasteiger charge is -2.27. The molecule has 13 heavy (non-hydrogen) atoms. The number of hydrogen-bond donors (Lipinski definition) is 1. The van der Waals surface area contributed by atoms with Gasteiger partial charge in [-0.1, -0.05) is 34.3 Å². The van der Waals surface area contributed by atoms with Crippen LogP contribution in [0.25, 0.3) is 0 Å². The fourth-order valence-corrected chi connectivity index (χ4v) is 1.77. The highest BCUT2D eigenvalue weighted by molar-refractivity contribution is 5.09. The highest BCUT2D eigenvalue weighted by atomic mass is 16.5. The first kappa shape index (κ1) is 10.6. The van der Waals surface area contributed by atoms with Crippen LogP contribution < -0.4 is 0 Å². The standard InChI is InChI=1S/C11H20O2/c1-7(2)6-9-11(4,5)10(12)8(3)13-9/h7,9-10,12H,3,6H2,1-2,4-5H3/t9-,10-/m1/s1. The molecule has 0 aromatic carbocycles. The quantitative estimate of drug-likeness (QED) is 0.713. The van der Waals surface area contributed by atoms with E-state index in [1.54, 1.807) is 0 Å². The van der Waals surface area contributed by atoms with Gasteiger partial charge in [-0.3, -0.25) is 0 Å². The van der Waals surface area contributed by atoms with Gasteiger partial charge >= 0.3 is 0 Å². The zero-order valence-electron chi connectivity index (χ0n) is 9.00. The molecule has 1 fully saturated rings. The molecule has 2 heteroatoms. The first-order chi connectivity index (χ1) is 5.85. The average molecular weight is 184 g/mol. The summed E-state index contributed by atoms with van der Waals surface area (Å²) < 4.78 is 5.56. The Bertz CT molecular complexity index is 206. The monoisotopic (exact) mass is 184 g/mol. The van der Waals surface area contributed by atoms with Gasteiger partial charge in [0.1, 0.15) is 18.0 Å². The molecule has 0 radical (unpaired) electrons. The minimum absolute atomic E-state index is 0.106. The predicted molar refractivity (Wildman–Crippen MR) is 53.3 cm³/mol. The van der Waals surface area contributed by atoms with Gasteiger partial charge in [-0.2, -0.15) is 0 Å². The molecule has 76 valence electrons. The van der Waals surface area contributed by atoms with Crippen LogP contribution in [0.2, 0.25) is 0 Å². The molecule has 0 unspecified atom stereocenters. The largest absolute Gasteiger partial charge is 0.492 e. The summed E-state index contributed by atoms with van der Waals surface area (Å²) in [4.78, 5) is 0. The van der Waals surface area contributed by atoms with Crippen LogP contribution in [-0.4, -0.2) is 17.3 Å². The number of hydrogen-bond acceptors (Lipinski definition) is 2. The van der Waals surface area contributed by atoms with E-state index in [2.05, 4.69) is 20.4 Å². The van der Waals surface area contributed by atoms with Crippen molar-refractivity contribution in [3.8, 4) is 0 Å². The molecule has 1 aliphatic rings. The molecule has 2 atom stereocenters. The highest BCUT2D eigenvalue weighted by Crippen LogP contribution is 2.42. The van der Waals surface area contributed by atoms with Crippen LogP contribution in [0.5, 0.6) is 0 Å². The highest BCUT2D eigenvalue weighted by Gasteiger charge is 2.46. The summed E-state index contributed by atoms with van der Waals surface area (Å²) in [6.07, 6.45) is 0.564. The van der Waals surface area contributed by atoms with E-state index in [1.807, 2.05) is 13.8 Å². The van der Waals surface area contributed by atoms with Crippen LogP contribution in [0.1, 0.15) is 34.1 Å². The van der Waals surface area contributed by atoms with Gasteiger partial charge in [0, 0.05) is 5.41 Å². The molecule has 0 spiro atoms. The van der Waals surface area contributed by atoms with E-state index < -0.39 is 6.10 Å². The Labute approximate surface area is 80.6 Å². The van der Waals surface area contributed by atoms with Crippen LogP contribution in [-0.2, 0) is 4.74 Å². The second-order valence-electron chi connectivity index (χ2n) is 4.93. The van der Waals surface area contributed by atoms with Gasteiger partial charge in [-0.25, -0.2) is 0 Å². The molecular formula is C11H20O2. The molecule has 1 saturated heterocycles. The van der Waals surface area contributed by atoms with Crippen LogP contribution in [0.4, 0.5) is 0 Å². The van der Waals surface area contributed by atoms with Gasteiger partial charge < -0.3 is 9.84 Å². The maximum atomic E-state index is 9.78. The molecule has 0 bridgehead atoms. The smallest absolute Gasteiger partial charge is 0.119 e. The topological polar surface area (TPSA) is 29.5 Å². The second-order valence-corrected chi connectivity index (χ2v) is 4.93. The average Bonchev–Trinajstić information content (AvgIpc) is 2.15. The Kier molecular flexibility index (Phi) is 2.71. The SMILES string of the molecule is C=C1O[C@H](CC(C)C)C(C)(C)[C@@H]1O. The van der Waals surface area contributed by atoms with Crippen molar-refractivity contribution >= 4 is 0 Å². The van der Waals surface area contributed by atoms with Gasteiger partial charge in [0.2, 0.25) is 0 Å². The van der Waals surface area contributed by atoms with Crippen LogP contribution >= 0.6 is 0 Å². The first-order valence-corrected chi connectivity index (χ1v) is 4.89. The normalized spacial score (nSPS) is 32.3. The Morgan fingerprint density at radius 1 is 1.54 bits per heavy atom. The molecule has 0 amide bonds. The number of rotatable bonds is 2. The minimum Gasteiger partial charge on any atom is -0.492 e. The second kappa shape index (κ2) is 3.33. The summed E-state index contributed by atoms with van der Waals surface area (Å²) in [5.74, 6) is 1.11.